The first-order valence-corrected chi connectivity index (χ1v) is 8.45. The Morgan fingerprint density at radius 2 is 1.77 bits per heavy atom. The summed E-state index contributed by atoms with van der Waals surface area (Å²) in [6.45, 7) is 2.12. The number of rotatable bonds is 6. The Morgan fingerprint density at radius 3 is 2.38 bits per heavy atom. The molecule has 0 saturated carbocycles. The number of aromatic amines is 1. The predicted octanol–water partition coefficient (Wildman–Crippen LogP) is 2.01. The molecular formula is C18H23N3O5. The van der Waals surface area contributed by atoms with Crippen molar-refractivity contribution in [1.82, 2.24) is 9.88 Å². The molecule has 0 unspecified atom stereocenters. The highest BCUT2D eigenvalue weighted by Crippen LogP contribution is 2.37. The molecule has 1 aromatic heterocycles. The molecule has 8 nitrogen and oxygen atoms in total. The molecule has 1 aliphatic rings. The number of hydrogen-bond acceptors (Lipinski definition) is 6. The Hall–Kier alpha value is -2.74. The maximum atomic E-state index is 12.5. The lowest BCUT2D eigenvalue weighted by Crippen LogP contribution is -2.31. The minimum absolute atomic E-state index is 0.173. The minimum atomic E-state index is -0.560. The molecule has 0 bridgehead atoms. The van der Waals surface area contributed by atoms with Crippen molar-refractivity contribution >= 4 is 28.5 Å². The van der Waals surface area contributed by atoms with E-state index in [1.165, 1.54) is 21.3 Å². The van der Waals surface area contributed by atoms with E-state index in [-0.39, 0.29) is 11.6 Å². The zero-order valence-electron chi connectivity index (χ0n) is 15.2. The Bertz CT molecular complexity index is 824. The van der Waals surface area contributed by atoms with Gasteiger partial charge >= 0.3 is 5.97 Å². The summed E-state index contributed by atoms with van der Waals surface area (Å²) < 4.78 is 15.5. The summed E-state index contributed by atoms with van der Waals surface area (Å²) in [7, 11) is 4.36. The fourth-order valence-corrected chi connectivity index (χ4v) is 3.23. The van der Waals surface area contributed by atoms with Crippen LogP contribution in [0.4, 0.5) is 5.69 Å². The molecule has 2 aromatic rings. The third kappa shape index (κ3) is 3.45. The van der Waals surface area contributed by atoms with Gasteiger partial charge in [0.05, 0.1) is 39.1 Å². The fraction of sp³-hybridized carbons (Fsp3) is 0.444. The number of carbonyl (C=O) groups excluding carboxylic acids is 2. The third-order valence-electron chi connectivity index (χ3n) is 4.52. The van der Waals surface area contributed by atoms with E-state index in [0.29, 0.717) is 34.6 Å². The summed E-state index contributed by atoms with van der Waals surface area (Å²) in [5.74, 6) is 0.293. The highest BCUT2D eigenvalue weighted by Gasteiger charge is 2.23. The molecule has 1 saturated heterocycles. The van der Waals surface area contributed by atoms with Gasteiger partial charge in [-0.15, -0.1) is 0 Å². The second-order valence-corrected chi connectivity index (χ2v) is 6.15. The fourth-order valence-electron chi connectivity index (χ4n) is 3.23. The first-order chi connectivity index (χ1) is 12.6. The van der Waals surface area contributed by atoms with Gasteiger partial charge < -0.3 is 24.5 Å². The van der Waals surface area contributed by atoms with Gasteiger partial charge in [-0.05, 0) is 32.0 Å². The van der Waals surface area contributed by atoms with Gasteiger partial charge in [0, 0.05) is 11.5 Å². The van der Waals surface area contributed by atoms with Gasteiger partial charge in [-0.3, -0.25) is 9.69 Å². The molecule has 0 aliphatic carbocycles. The van der Waals surface area contributed by atoms with E-state index in [2.05, 4.69) is 15.2 Å². The van der Waals surface area contributed by atoms with Crippen LogP contribution in [0, 0.1) is 0 Å². The normalized spacial score (nSPS) is 14.4. The van der Waals surface area contributed by atoms with Crippen molar-refractivity contribution in [2.24, 2.45) is 0 Å². The number of nitrogens with one attached hydrogen (secondary N) is 2. The van der Waals surface area contributed by atoms with Gasteiger partial charge in [0.15, 0.2) is 11.5 Å². The first kappa shape index (κ1) is 18.1. The lowest BCUT2D eigenvalue weighted by atomic mass is 10.2. The molecule has 2 N–H and O–H groups in total. The van der Waals surface area contributed by atoms with Gasteiger partial charge in [0.2, 0.25) is 5.91 Å². The van der Waals surface area contributed by atoms with Crippen molar-refractivity contribution in [2.75, 3.05) is 46.3 Å². The summed E-state index contributed by atoms with van der Waals surface area (Å²) >= 11 is 0. The zero-order chi connectivity index (χ0) is 18.7. The number of H-pyrrole nitrogens is 1. The van der Waals surface area contributed by atoms with Crippen LogP contribution in [0.2, 0.25) is 0 Å². The maximum Gasteiger partial charge on any atom is 0.356 e. The minimum Gasteiger partial charge on any atom is -0.493 e. The zero-order valence-corrected chi connectivity index (χ0v) is 15.2. The largest absolute Gasteiger partial charge is 0.493 e. The van der Waals surface area contributed by atoms with Crippen molar-refractivity contribution in [3.05, 3.63) is 17.8 Å². The summed E-state index contributed by atoms with van der Waals surface area (Å²) in [4.78, 5) is 29.7. The number of ether oxygens (including phenoxy) is 3. The van der Waals surface area contributed by atoms with Crippen LogP contribution >= 0.6 is 0 Å². The summed E-state index contributed by atoms with van der Waals surface area (Å²) in [5, 5.41) is 3.51. The monoisotopic (exact) mass is 361 g/mol. The number of fused-ring (bicyclic) bond motifs is 1. The van der Waals surface area contributed by atoms with Crippen LogP contribution in [-0.4, -0.2) is 62.7 Å². The van der Waals surface area contributed by atoms with Crippen molar-refractivity contribution in [3.63, 3.8) is 0 Å². The average Bonchev–Trinajstić information content (AvgIpc) is 3.27. The molecule has 1 aromatic carbocycles. The molecule has 0 atom stereocenters. The number of likely N-dealkylation sites (tertiary alicyclic amines) is 1. The van der Waals surface area contributed by atoms with Crippen molar-refractivity contribution in [1.29, 1.82) is 0 Å². The van der Waals surface area contributed by atoms with E-state index in [1.54, 1.807) is 12.1 Å². The predicted molar refractivity (Wildman–Crippen MR) is 97.0 cm³/mol. The lowest BCUT2D eigenvalue weighted by molar-refractivity contribution is -0.117. The van der Waals surface area contributed by atoms with E-state index in [0.717, 1.165) is 25.9 Å². The standard InChI is InChI=1S/C18H23N3O5/c1-24-13-8-11-12(9-14(13)25-2)19-17(18(23)26-3)16(11)20-15(22)10-21-6-4-5-7-21/h8-9,19H,4-7,10H2,1-3H3,(H,20,22). The molecule has 1 fully saturated rings. The van der Waals surface area contributed by atoms with E-state index in [4.69, 9.17) is 14.2 Å². The van der Waals surface area contributed by atoms with Crippen LogP contribution in [-0.2, 0) is 9.53 Å². The highest BCUT2D eigenvalue weighted by molar-refractivity contribution is 6.11. The quantitative estimate of drug-likeness (QED) is 0.765. The summed E-state index contributed by atoms with van der Waals surface area (Å²) in [6, 6.07) is 3.44. The molecule has 0 spiro atoms. The number of benzene rings is 1. The number of carbonyl (C=O) groups is 2. The average molecular weight is 361 g/mol. The Kier molecular flexibility index (Phi) is 5.32. The second-order valence-electron chi connectivity index (χ2n) is 6.15. The number of amides is 1. The van der Waals surface area contributed by atoms with Gasteiger partial charge in [0.1, 0.15) is 5.69 Å². The van der Waals surface area contributed by atoms with E-state index < -0.39 is 5.97 Å². The molecule has 140 valence electrons. The topological polar surface area (TPSA) is 92.9 Å². The smallest absolute Gasteiger partial charge is 0.356 e. The molecule has 1 aliphatic heterocycles. The van der Waals surface area contributed by atoms with Gasteiger partial charge in [-0.25, -0.2) is 4.79 Å². The van der Waals surface area contributed by atoms with Crippen LogP contribution in [0.1, 0.15) is 23.3 Å². The Morgan fingerprint density at radius 1 is 1.12 bits per heavy atom. The molecular weight excluding hydrogens is 338 g/mol. The molecule has 3 rings (SSSR count). The number of aromatic nitrogens is 1. The highest BCUT2D eigenvalue weighted by atomic mass is 16.5. The van der Waals surface area contributed by atoms with Crippen LogP contribution in [0.3, 0.4) is 0 Å². The molecule has 0 radical (unpaired) electrons. The molecule has 26 heavy (non-hydrogen) atoms. The lowest BCUT2D eigenvalue weighted by Gasteiger charge is -2.14. The number of methoxy groups -OCH3 is 3. The van der Waals surface area contributed by atoms with Crippen molar-refractivity contribution < 1.29 is 23.8 Å². The van der Waals surface area contributed by atoms with Crippen LogP contribution in [0.15, 0.2) is 12.1 Å². The molecule has 1 amide bonds. The van der Waals surface area contributed by atoms with E-state index in [9.17, 15) is 9.59 Å². The first-order valence-electron chi connectivity index (χ1n) is 8.45. The van der Waals surface area contributed by atoms with Crippen molar-refractivity contribution in [3.8, 4) is 11.5 Å². The Labute approximate surface area is 151 Å². The van der Waals surface area contributed by atoms with Gasteiger partial charge in [0.25, 0.3) is 0 Å². The summed E-state index contributed by atoms with van der Waals surface area (Å²) in [6.07, 6.45) is 2.20. The van der Waals surface area contributed by atoms with E-state index in [1.807, 2.05) is 0 Å². The number of anilines is 1. The van der Waals surface area contributed by atoms with Crippen LogP contribution in [0.25, 0.3) is 10.9 Å². The maximum absolute atomic E-state index is 12.5. The van der Waals surface area contributed by atoms with Gasteiger partial charge in [-0.2, -0.15) is 0 Å². The van der Waals surface area contributed by atoms with Gasteiger partial charge in [-0.1, -0.05) is 0 Å². The number of nitrogens with zero attached hydrogens (tertiary/aromatic N) is 1. The third-order valence-corrected chi connectivity index (χ3v) is 4.52. The number of hydrogen-bond donors (Lipinski definition) is 2. The Balaban J connectivity index is 1.99. The van der Waals surface area contributed by atoms with Crippen LogP contribution in [0.5, 0.6) is 11.5 Å². The van der Waals surface area contributed by atoms with Crippen molar-refractivity contribution in [2.45, 2.75) is 12.8 Å². The number of esters is 1. The second kappa shape index (κ2) is 7.65. The molecule has 8 heteroatoms. The van der Waals surface area contributed by atoms with Crippen LogP contribution < -0.4 is 14.8 Å². The molecule has 2 heterocycles. The summed E-state index contributed by atoms with van der Waals surface area (Å²) in [5.41, 5.74) is 1.21. The SMILES string of the molecule is COC(=O)c1[nH]c2cc(OC)c(OC)cc2c1NC(=O)CN1CCCC1. The van der Waals surface area contributed by atoms with E-state index >= 15 is 0 Å².